The van der Waals surface area contributed by atoms with Crippen molar-refractivity contribution in [1.29, 1.82) is 0 Å². The first kappa shape index (κ1) is 15.8. The summed E-state index contributed by atoms with van der Waals surface area (Å²) in [7, 11) is 0. The van der Waals surface area contributed by atoms with Gasteiger partial charge in [-0.3, -0.25) is 6.08 Å². The molecule has 94 valence electrons. The molecule has 0 aliphatic heterocycles. The van der Waals surface area contributed by atoms with E-state index in [0.717, 1.165) is 0 Å². The summed E-state index contributed by atoms with van der Waals surface area (Å²) < 4.78 is 0. The molecule has 0 saturated carbocycles. The van der Waals surface area contributed by atoms with E-state index in [9.17, 15) is 0 Å². The molecule has 0 aromatic heterocycles. The zero-order valence-corrected chi connectivity index (χ0v) is 14.2. The molecule has 0 nitrogen and oxygen atoms in total. The van der Waals surface area contributed by atoms with Crippen molar-refractivity contribution in [3.8, 4) is 0 Å². The average Bonchev–Trinajstić information content (AvgIpc) is 2.90. The topological polar surface area (TPSA) is 0 Å². The number of rotatable bonds is 0. The molecule has 0 amide bonds. The summed E-state index contributed by atoms with van der Waals surface area (Å²) >= 11 is 0. The van der Waals surface area contributed by atoms with Crippen LogP contribution in [0.3, 0.4) is 0 Å². The molecule has 0 saturated heterocycles. The number of hydrogen-bond donors (Lipinski definition) is 0. The zero-order chi connectivity index (χ0) is 12.3. The van der Waals surface area contributed by atoms with E-state index in [0.29, 0.717) is 5.92 Å². The van der Waals surface area contributed by atoms with Crippen molar-refractivity contribution >= 4 is 0 Å². The Bertz CT molecular complexity index is 420. The van der Waals surface area contributed by atoms with Crippen molar-refractivity contribution in [2.24, 2.45) is 5.92 Å². The normalized spacial score (nSPS) is 21.5. The molecule has 18 heavy (non-hydrogen) atoms. The van der Waals surface area contributed by atoms with Gasteiger partial charge in [-0.2, -0.15) is 28.8 Å². The van der Waals surface area contributed by atoms with Crippen LogP contribution in [-0.4, -0.2) is 0 Å². The molecule has 2 aliphatic carbocycles. The molecule has 0 N–H and O–H groups in total. The molecule has 2 aliphatic rings. The summed E-state index contributed by atoms with van der Waals surface area (Å²) in [5, 5.41) is 0. The van der Waals surface area contributed by atoms with Gasteiger partial charge >= 0.3 is 26.2 Å². The first-order valence-electron chi connectivity index (χ1n) is 6.69. The minimum Gasteiger partial charge on any atom is -0.266 e. The van der Waals surface area contributed by atoms with Gasteiger partial charge in [0, 0.05) is 0 Å². The molecule has 0 fully saturated rings. The number of aryl methyl sites for hydroxylation is 1. The van der Waals surface area contributed by atoms with Gasteiger partial charge in [0.2, 0.25) is 0 Å². The summed E-state index contributed by atoms with van der Waals surface area (Å²) in [6, 6.07) is 8.24. The maximum atomic E-state index is 3.50. The van der Waals surface area contributed by atoms with E-state index in [1.807, 2.05) is 12.1 Å². The van der Waals surface area contributed by atoms with Crippen LogP contribution in [0.2, 0.25) is 0 Å². The third-order valence-electron chi connectivity index (χ3n) is 3.75. The molecule has 1 unspecified atom stereocenters. The van der Waals surface area contributed by atoms with Gasteiger partial charge < -0.3 is 0 Å². The standard InChI is InChI=1S/C11H15.C6H7.Zr/c1-8-7-9(2)11-6-4-3-5-10(8)11;1-6-4-2-3-5-6;/h8H,3-6H2,1-2H3;2-5H,1H3;/q2*-1;+2. The first-order valence-corrected chi connectivity index (χ1v) is 6.69. The van der Waals surface area contributed by atoms with Gasteiger partial charge in [0.05, 0.1) is 0 Å². The largest absolute Gasteiger partial charge is 2.00 e. The maximum absolute atomic E-state index is 3.50. The fourth-order valence-electron chi connectivity index (χ4n) is 2.80. The van der Waals surface area contributed by atoms with E-state index in [2.05, 4.69) is 39.0 Å². The molecule has 0 radical (unpaired) electrons. The van der Waals surface area contributed by atoms with Crippen LogP contribution >= 0.6 is 0 Å². The van der Waals surface area contributed by atoms with Crippen LogP contribution in [0.15, 0.2) is 41.0 Å². The summed E-state index contributed by atoms with van der Waals surface area (Å²) in [6.07, 6.45) is 8.95. The van der Waals surface area contributed by atoms with Gasteiger partial charge in [-0.25, -0.2) is 17.7 Å². The third-order valence-corrected chi connectivity index (χ3v) is 3.75. The monoisotopic (exact) mass is 316 g/mol. The van der Waals surface area contributed by atoms with Crippen molar-refractivity contribution in [3.63, 3.8) is 0 Å². The van der Waals surface area contributed by atoms with Crippen LogP contribution in [0.1, 0.15) is 45.1 Å². The molecule has 0 bridgehead atoms. The quantitative estimate of drug-likeness (QED) is 0.593. The van der Waals surface area contributed by atoms with E-state index < -0.39 is 0 Å². The average molecular weight is 318 g/mol. The molecule has 0 spiro atoms. The molecule has 1 heteroatoms. The first-order chi connectivity index (χ1) is 8.18. The molecule has 1 atom stereocenters. The molecular weight excluding hydrogens is 295 g/mol. The van der Waals surface area contributed by atoms with Gasteiger partial charge in [-0.1, -0.05) is 46.0 Å². The Labute approximate surface area is 131 Å². The van der Waals surface area contributed by atoms with Crippen LogP contribution < -0.4 is 0 Å². The summed E-state index contributed by atoms with van der Waals surface area (Å²) in [6.45, 7) is 6.57. The Morgan fingerprint density at radius 3 is 2.28 bits per heavy atom. The molecule has 1 aromatic rings. The van der Waals surface area contributed by atoms with Crippen molar-refractivity contribution in [3.05, 3.63) is 52.6 Å². The predicted molar refractivity (Wildman–Crippen MR) is 73.9 cm³/mol. The fraction of sp³-hybridized carbons (Fsp3) is 0.471. The number of allylic oxidation sites excluding steroid dienone is 4. The van der Waals surface area contributed by atoms with E-state index in [1.54, 1.807) is 11.1 Å². The fourth-order valence-corrected chi connectivity index (χ4v) is 2.80. The SMILES string of the molecule is CC1=[C-]C(C)C2=C1CCCC2.C[c-]1cccc1.[Zr+2]. The molecular formula is C17H22Zr. The van der Waals surface area contributed by atoms with Crippen LogP contribution in [0.5, 0.6) is 0 Å². The molecule has 0 heterocycles. The summed E-state index contributed by atoms with van der Waals surface area (Å²) in [5.41, 5.74) is 6.11. The van der Waals surface area contributed by atoms with E-state index >= 15 is 0 Å². The van der Waals surface area contributed by atoms with Gasteiger partial charge in [-0.05, 0) is 6.42 Å². The minimum atomic E-state index is 0. The third kappa shape index (κ3) is 3.85. The van der Waals surface area contributed by atoms with Crippen LogP contribution in [-0.2, 0) is 26.2 Å². The van der Waals surface area contributed by atoms with Crippen LogP contribution in [0.25, 0.3) is 0 Å². The van der Waals surface area contributed by atoms with E-state index in [1.165, 1.54) is 36.8 Å². The van der Waals surface area contributed by atoms with Crippen LogP contribution in [0.4, 0.5) is 0 Å². The van der Waals surface area contributed by atoms with Crippen molar-refractivity contribution in [2.45, 2.75) is 46.5 Å². The predicted octanol–water partition coefficient (Wildman–Crippen LogP) is 4.97. The molecule has 3 rings (SSSR count). The van der Waals surface area contributed by atoms with E-state index in [-0.39, 0.29) is 26.2 Å². The Kier molecular flexibility index (Phi) is 6.43. The Morgan fingerprint density at radius 1 is 1.17 bits per heavy atom. The van der Waals surface area contributed by atoms with E-state index in [4.69, 9.17) is 0 Å². The minimum absolute atomic E-state index is 0. The Hall–Kier alpha value is -0.287. The summed E-state index contributed by atoms with van der Waals surface area (Å²) in [4.78, 5) is 0. The maximum Gasteiger partial charge on any atom is 2.00 e. The Balaban J connectivity index is 0.000000199. The second kappa shape index (κ2) is 7.34. The van der Waals surface area contributed by atoms with Gasteiger partial charge in [0.1, 0.15) is 0 Å². The molecule has 1 aromatic carbocycles. The van der Waals surface area contributed by atoms with Gasteiger partial charge in [0.25, 0.3) is 0 Å². The van der Waals surface area contributed by atoms with Gasteiger partial charge in [-0.15, -0.1) is 0 Å². The van der Waals surface area contributed by atoms with Crippen molar-refractivity contribution < 1.29 is 26.2 Å². The summed E-state index contributed by atoms with van der Waals surface area (Å²) in [5.74, 6) is 0.630. The van der Waals surface area contributed by atoms with Crippen molar-refractivity contribution in [2.75, 3.05) is 0 Å². The zero-order valence-electron chi connectivity index (χ0n) is 11.7. The Morgan fingerprint density at radius 2 is 1.78 bits per heavy atom. The smallest absolute Gasteiger partial charge is 0.266 e. The number of hydrogen-bond acceptors (Lipinski definition) is 0. The van der Waals surface area contributed by atoms with Crippen LogP contribution in [0, 0.1) is 18.9 Å². The second-order valence-corrected chi connectivity index (χ2v) is 5.16. The van der Waals surface area contributed by atoms with Gasteiger partial charge in [0.15, 0.2) is 0 Å². The van der Waals surface area contributed by atoms with Crippen molar-refractivity contribution in [1.82, 2.24) is 0 Å². The second-order valence-electron chi connectivity index (χ2n) is 5.16.